The highest BCUT2D eigenvalue weighted by Crippen LogP contribution is 2.20. The molecular formula is C17H27N3O. The van der Waals surface area contributed by atoms with Crippen molar-refractivity contribution in [3.8, 4) is 0 Å². The molecule has 1 saturated heterocycles. The lowest BCUT2D eigenvalue weighted by atomic mass is 10.1. The van der Waals surface area contributed by atoms with E-state index in [1.807, 2.05) is 0 Å². The molecule has 3 heterocycles. The molecule has 4 nitrogen and oxygen atoms in total. The van der Waals surface area contributed by atoms with Crippen molar-refractivity contribution in [2.45, 2.75) is 51.0 Å². The molecule has 1 fully saturated rings. The monoisotopic (exact) mass is 289 g/mol. The van der Waals surface area contributed by atoms with Crippen LogP contribution in [0.4, 0.5) is 5.82 Å². The van der Waals surface area contributed by atoms with Gasteiger partial charge in [-0.25, -0.2) is 4.98 Å². The van der Waals surface area contributed by atoms with Crippen LogP contribution in [0.1, 0.15) is 43.4 Å². The zero-order chi connectivity index (χ0) is 14.3. The van der Waals surface area contributed by atoms with Crippen LogP contribution in [0.25, 0.3) is 0 Å². The molecule has 0 aromatic carbocycles. The Morgan fingerprint density at radius 1 is 1.29 bits per heavy atom. The third-order valence-electron chi connectivity index (χ3n) is 4.38. The molecule has 4 heteroatoms. The number of hydrogen-bond donors (Lipinski definition) is 2. The third-order valence-corrected chi connectivity index (χ3v) is 4.38. The first kappa shape index (κ1) is 14.8. The second kappa shape index (κ2) is 7.76. The molecule has 1 aromatic heterocycles. The van der Waals surface area contributed by atoms with Crippen LogP contribution in [0.2, 0.25) is 0 Å². The maximum atomic E-state index is 5.60. The normalized spacial score (nSPS) is 21.0. The molecular weight excluding hydrogens is 262 g/mol. The summed E-state index contributed by atoms with van der Waals surface area (Å²) in [5.41, 5.74) is 2.60. The Balaban J connectivity index is 1.31. The highest BCUT2D eigenvalue weighted by molar-refractivity contribution is 5.46. The van der Waals surface area contributed by atoms with Gasteiger partial charge in [0.25, 0.3) is 0 Å². The summed E-state index contributed by atoms with van der Waals surface area (Å²) in [5.74, 6) is 1.12. The number of aromatic nitrogens is 1. The van der Waals surface area contributed by atoms with Crippen LogP contribution >= 0.6 is 0 Å². The maximum Gasteiger partial charge on any atom is 0.129 e. The van der Waals surface area contributed by atoms with E-state index in [1.165, 1.54) is 49.8 Å². The summed E-state index contributed by atoms with van der Waals surface area (Å²) in [7, 11) is 0. The molecule has 0 aliphatic carbocycles. The number of pyridine rings is 1. The molecule has 2 aliphatic rings. The van der Waals surface area contributed by atoms with E-state index >= 15 is 0 Å². The van der Waals surface area contributed by atoms with Crippen LogP contribution in [-0.4, -0.2) is 37.3 Å². The van der Waals surface area contributed by atoms with Gasteiger partial charge in [-0.1, -0.05) is 6.07 Å². The predicted molar refractivity (Wildman–Crippen MR) is 85.8 cm³/mol. The van der Waals surface area contributed by atoms with E-state index in [0.29, 0.717) is 6.10 Å². The average Bonchev–Trinajstić information content (AvgIpc) is 3.04. The fourth-order valence-electron chi connectivity index (χ4n) is 3.13. The van der Waals surface area contributed by atoms with E-state index in [-0.39, 0.29) is 0 Å². The van der Waals surface area contributed by atoms with Gasteiger partial charge in [-0.05, 0) is 63.1 Å². The molecule has 1 unspecified atom stereocenters. The molecule has 0 saturated carbocycles. The number of hydrogen-bond acceptors (Lipinski definition) is 4. The molecule has 21 heavy (non-hydrogen) atoms. The largest absolute Gasteiger partial charge is 0.377 e. The minimum Gasteiger partial charge on any atom is -0.377 e. The summed E-state index contributed by atoms with van der Waals surface area (Å²) in [6.07, 6.45) is 8.79. The van der Waals surface area contributed by atoms with E-state index in [4.69, 9.17) is 9.72 Å². The topological polar surface area (TPSA) is 46.2 Å². The lowest BCUT2D eigenvalue weighted by molar-refractivity contribution is 0.110. The number of fused-ring (bicyclic) bond motifs is 1. The minimum absolute atomic E-state index is 0.457. The Labute approximate surface area is 127 Å². The summed E-state index contributed by atoms with van der Waals surface area (Å²) in [6.45, 7) is 4.12. The Morgan fingerprint density at radius 3 is 3.19 bits per heavy atom. The van der Waals surface area contributed by atoms with Crippen LogP contribution in [0.5, 0.6) is 0 Å². The van der Waals surface area contributed by atoms with E-state index in [1.54, 1.807) is 0 Å². The maximum absolute atomic E-state index is 5.60. The Bertz CT molecular complexity index is 444. The van der Waals surface area contributed by atoms with Crippen LogP contribution < -0.4 is 10.6 Å². The Morgan fingerprint density at radius 2 is 2.29 bits per heavy atom. The van der Waals surface area contributed by atoms with Crippen molar-refractivity contribution in [3.05, 3.63) is 23.4 Å². The van der Waals surface area contributed by atoms with Gasteiger partial charge in [-0.3, -0.25) is 0 Å². The van der Waals surface area contributed by atoms with Crippen molar-refractivity contribution in [3.63, 3.8) is 0 Å². The van der Waals surface area contributed by atoms with Crippen molar-refractivity contribution >= 4 is 5.82 Å². The summed E-state index contributed by atoms with van der Waals surface area (Å²) < 4.78 is 5.60. The molecule has 0 radical (unpaired) electrons. The van der Waals surface area contributed by atoms with E-state index in [2.05, 4.69) is 22.8 Å². The van der Waals surface area contributed by atoms with Crippen molar-refractivity contribution in [1.82, 2.24) is 10.3 Å². The van der Waals surface area contributed by atoms with Gasteiger partial charge in [0.2, 0.25) is 0 Å². The summed E-state index contributed by atoms with van der Waals surface area (Å²) >= 11 is 0. The van der Waals surface area contributed by atoms with Crippen LogP contribution in [0.15, 0.2) is 12.1 Å². The second-order valence-corrected chi connectivity index (χ2v) is 6.14. The Hall–Kier alpha value is -1.13. The number of unbranched alkanes of at least 4 members (excludes halogenated alkanes) is 1. The zero-order valence-corrected chi connectivity index (χ0v) is 12.9. The highest BCUT2D eigenvalue weighted by Gasteiger charge is 2.14. The molecule has 1 atom stereocenters. The van der Waals surface area contributed by atoms with Gasteiger partial charge in [0.1, 0.15) is 5.82 Å². The van der Waals surface area contributed by atoms with Crippen LogP contribution in [0.3, 0.4) is 0 Å². The molecule has 2 aliphatic heterocycles. The predicted octanol–water partition coefficient (Wildman–Crippen LogP) is 2.53. The number of nitrogens with one attached hydrogen (secondary N) is 2. The van der Waals surface area contributed by atoms with Crippen molar-refractivity contribution < 1.29 is 4.74 Å². The lowest BCUT2D eigenvalue weighted by Crippen LogP contribution is -2.27. The average molecular weight is 289 g/mol. The van der Waals surface area contributed by atoms with Gasteiger partial charge in [0.15, 0.2) is 0 Å². The minimum atomic E-state index is 0.457. The molecule has 0 bridgehead atoms. The summed E-state index contributed by atoms with van der Waals surface area (Å²) in [5, 5.41) is 6.91. The smallest absolute Gasteiger partial charge is 0.129 e. The zero-order valence-electron chi connectivity index (χ0n) is 12.9. The Kier molecular flexibility index (Phi) is 5.46. The standard InChI is InChI=1S/C17H27N3O/c1(2-10-18-13-16-7-4-12-21-16)6-15-9-8-14-5-3-11-19-17(14)20-15/h8-9,16,18H,1-7,10-13H2,(H,19,20). The first-order valence-corrected chi connectivity index (χ1v) is 8.47. The number of aryl methyl sites for hydroxylation is 2. The van der Waals surface area contributed by atoms with Crippen molar-refractivity contribution in [1.29, 1.82) is 0 Å². The molecule has 116 valence electrons. The molecule has 2 N–H and O–H groups in total. The summed E-state index contributed by atoms with van der Waals surface area (Å²) in [4.78, 5) is 4.74. The van der Waals surface area contributed by atoms with Gasteiger partial charge in [0, 0.05) is 25.4 Å². The summed E-state index contributed by atoms with van der Waals surface area (Å²) in [6, 6.07) is 4.45. The number of ether oxygens (including phenoxy) is 1. The van der Waals surface area contributed by atoms with Crippen molar-refractivity contribution in [2.75, 3.05) is 31.6 Å². The molecule has 0 amide bonds. The van der Waals surface area contributed by atoms with E-state index in [9.17, 15) is 0 Å². The quantitative estimate of drug-likeness (QED) is 0.757. The van der Waals surface area contributed by atoms with Crippen LogP contribution in [-0.2, 0) is 17.6 Å². The molecule has 1 aromatic rings. The van der Waals surface area contributed by atoms with E-state index < -0.39 is 0 Å². The number of nitrogens with zero attached hydrogens (tertiary/aromatic N) is 1. The third kappa shape index (κ3) is 4.42. The number of anilines is 1. The molecule has 0 spiro atoms. The SMILES string of the molecule is c1cc2c(nc1CCCCNCC1CCCO1)NCCC2. The fourth-order valence-corrected chi connectivity index (χ4v) is 3.13. The molecule has 3 rings (SSSR count). The second-order valence-electron chi connectivity index (χ2n) is 6.14. The lowest BCUT2D eigenvalue weighted by Gasteiger charge is -2.17. The first-order chi connectivity index (χ1) is 10.4. The highest BCUT2D eigenvalue weighted by atomic mass is 16.5. The van der Waals surface area contributed by atoms with Gasteiger partial charge in [-0.2, -0.15) is 0 Å². The number of rotatable bonds is 7. The van der Waals surface area contributed by atoms with Gasteiger partial charge in [0.05, 0.1) is 6.10 Å². The van der Waals surface area contributed by atoms with Crippen LogP contribution in [0, 0.1) is 0 Å². The first-order valence-electron chi connectivity index (χ1n) is 8.47. The van der Waals surface area contributed by atoms with Crippen molar-refractivity contribution in [2.24, 2.45) is 0 Å². The van der Waals surface area contributed by atoms with Gasteiger partial charge >= 0.3 is 0 Å². The van der Waals surface area contributed by atoms with Gasteiger partial charge in [-0.15, -0.1) is 0 Å². The van der Waals surface area contributed by atoms with Gasteiger partial charge < -0.3 is 15.4 Å². The van der Waals surface area contributed by atoms with E-state index in [0.717, 1.165) is 38.5 Å². The fraction of sp³-hybridized carbons (Fsp3) is 0.706.